The molecule has 0 aliphatic heterocycles. The first-order valence-electron chi connectivity index (χ1n) is 7.70. The van der Waals surface area contributed by atoms with E-state index in [1.807, 2.05) is 25.3 Å². The number of nitrogens with zero attached hydrogens (tertiary/aromatic N) is 3. The molecule has 0 saturated heterocycles. The molecule has 2 rings (SSSR count). The zero-order chi connectivity index (χ0) is 17.5. The second-order valence-corrected chi connectivity index (χ2v) is 7.17. The monoisotopic (exact) mass is 366 g/mol. The molecule has 130 valence electrons. The summed E-state index contributed by atoms with van der Waals surface area (Å²) in [6, 6.07) is 8.19. The van der Waals surface area contributed by atoms with Crippen molar-refractivity contribution in [3.63, 3.8) is 0 Å². The Hall–Kier alpha value is -1.67. The third-order valence-corrected chi connectivity index (χ3v) is 5.20. The maximum absolute atomic E-state index is 12.3. The molecule has 2 aromatic rings. The summed E-state index contributed by atoms with van der Waals surface area (Å²) < 4.78 is 1.57. The minimum Gasteiger partial charge on any atom is -0.341 e. The van der Waals surface area contributed by atoms with Crippen LogP contribution < -0.4 is 5.69 Å². The summed E-state index contributed by atoms with van der Waals surface area (Å²) >= 11 is 2.98. The van der Waals surface area contributed by atoms with Crippen LogP contribution in [0.3, 0.4) is 0 Å². The van der Waals surface area contributed by atoms with Gasteiger partial charge in [0.1, 0.15) is 0 Å². The molecule has 0 unspecified atom stereocenters. The lowest BCUT2D eigenvalue weighted by Gasteiger charge is -2.17. The van der Waals surface area contributed by atoms with Gasteiger partial charge in [0.2, 0.25) is 5.91 Å². The number of carbonyl (C=O) groups excluding carboxylic acids is 1. The summed E-state index contributed by atoms with van der Waals surface area (Å²) in [5, 5.41) is 6.98. The summed E-state index contributed by atoms with van der Waals surface area (Å²) in [6.45, 7) is 3.16. The summed E-state index contributed by atoms with van der Waals surface area (Å²) in [7, 11) is 1.79. The summed E-state index contributed by atoms with van der Waals surface area (Å²) in [4.78, 5) is 26.8. The Morgan fingerprint density at radius 2 is 2.04 bits per heavy atom. The van der Waals surface area contributed by atoms with Crippen molar-refractivity contribution in [3.05, 3.63) is 40.3 Å². The first-order chi connectivity index (χ1) is 11.5. The van der Waals surface area contributed by atoms with Crippen molar-refractivity contribution in [1.82, 2.24) is 19.7 Å². The van der Waals surface area contributed by atoms with Crippen LogP contribution in [0.5, 0.6) is 0 Å². The van der Waals surface area contributed by atoms with Gasteiger partial charge >= 0.3 is 5.69 Å². The zero-order valence-electron chi connectivity index (χ0n) is 14.1. The van der Waals surface area contributed by atoms with Crippen LogP contribution in [0.1, 0.15) is 18.9 Å². The van der Waals surface area contributed by atoms with Crippen molar-refractivity contribution < 1.29 is 4.79 Å². The Bertz CT molecular complexity index is 724. The minimum absolute atomic E-state index is 0.00689. The number of H-pyrrole nitrogens is 1. The van der Waals surface area contributed by atoms with Crippen molar-refractivity contribution in [1.29, 1.82) is 0 Å². The van der Waals surface area contributed by atoms with Crippen molar-refractivity contribution in [2.75, 3.05) is 19.1 Å². The van der Waals surface area contributed by atoms with Gasteiger partial charge in [0, 0.05) is 25.0 Å². The lowest BCUT2D eigenvalue weighted by Crippen LogP contribution is -2.28. The SMILES string of the molecule is CCCn1c(SCC(=O)N(C)Cc2ccc(SC)cc2)n[nH]c1=O. The number of thioether (sulfide) groups is 2. The van der Waals surface area contributed by atoms with Crippen LogP contribution in [0.4, 0.5) is 0 Å². The third-order valence-electron chi connectivity index (χ3n) is 3.50. The molecule has 1 aromatic heterocycles. The van der Waals surface area contributed by atoms with E-state index in [1.54, 1.807) is 28.3 Å². The lowest BCUT2D eigenvalue weighted by atomic mass is 10.2. The normalized spacial score (nSPS) is 10.8. The van der Waals surface area contributed by atoms with Crippen LogP contribution >= 0.6 is 23.5 Å². The molecule has 0 aliphatic rings. The molecule has 0 saturated carbocycles. The molecule has 0 spiro atoms. The largest absolute Gasteiger partial charge is 0.343 e. The predicted octanol–water partition coefficient (Wildman–Crippen LogP) is 2.45. The summed E-state index contributed by atoms with van der Waals surface area (Å²) in [5.74, 6) is 0.264. The van der Waals surface area contributed by atoms with E-state index in [-0.39, 0.29) is 17.3 Å². The molecular weight excluding hydrogens is 344 g/mol. The van der Waals surface area contributed by atoms with Gasteiger partial charge in [-0.25, -0.2) is 9.89 Å². The van der Waals surface area contributed by atoms with Crippen molar-refractivity contribution >= 4 is 29.4 Å². The van der Waals surface area contributed by atoms with Gasteiger partial charge in [-0.15, -0.1) is 16.9 Å². The third kappa shape index (κ3) is 4.91. The minimum atomic E-state index is -0.228. The van der Waals surface area contributed by atoms with E-state index in [0.717, 1.165) is 12.0 Å². The number of carbonyl (C=O) groups is 1. The maximum Gasteiger partial charge on any atom is 0.343 e. The highest BCUT2D eigenvalue weighted by Crippen LogP contribution is 2.17. The van der Waals surface area contributed by atoms with E-state index in [2.05, 4.69) is 22.3 Å². The standard InChI is InChI=1S/C16H22N4O2S2/c1-4-9-20-15(22)17-18-16(20)24-11-14(21)19(2)10-12-5-7-13(23-3)8-6-12/h5-8H,4,9-11H2,1-3H3,(H,17,22). The fraction of sp³-hybridized carbons (Fsp3) is 0.438. The van der Waals surface area contributed by atoms with E-state index in [9.17, 15) is 9.59 Å². The molecule has 0 bridgehead atoms. The van der Waals surface area contributed by atoms with Crippen molar-refractivity contribution in [3.8, 4) is 0 Å². The number of amides is 1. The van der Waals surface area contributed by atoms with Crippen LogP contribution in [0.25, 0.3) is 0 Å². The first kappa shape index (κ1) is 18.7. The van der Waals surface area contributed by atoms with Gasteiger partial charge in [0.25, 0.3) is 0 Å². The van der Waals surface area contributed by atoms with Gasteiger partial charge in [-0.2, -0.15) is 0 Å². The number of hydrogen-bond donors (Lipinski definition) is 1. The molecule has 1 aromatic carbocycles. The van der Waals surface area contributed by atoms with E-state index in [1.165, 1.54) is 16.7 Å². The molecule has 1 N–H and O–H groups in total. The molecule has 0 radical (unpaired) electrons. The number of hydrogen-bond acceptors (Lipinski definition) is 5. The average molecular weight is 367 g/mol. The van der Waals surface area contributed by atoms with E-state index in [0.29, 0.717) is 18.2 Å². The molecule has 8 heteroatoms. The molecule has 24 heavy (non-hydrogen) atoms. The van der Waals surface area contributed by atoms with Crippen LogP contribution in [0, 0.1) is 0 Å². The first-order valence-corrected chi connectivity index (χ1v) is 9.91. The summed E-state index contributed by atoms with van der Waals surface area (Å²) in [5.41, 5.74) is 0.866. The second-order valence-electron chi connectivity index (χ2n) is 5.35. The summed E-state index contributed by atoms with van der Waals surface area (Å²) in [6.07, 6.45) is 2.88. The van der Waals surface area contributed by atoms with Gasteiger partial charge in [0.15, 0.2) is 5.16 Å². The van der Waals surface area contributed by atoms with E-state index >= 15 is 0 Å². The molecule has 0 aliphatic carbocycles. The molecule has 0 atom stereocenters. The Balaban J connectivity index is 1.90. The Labute approximate surface area is 150 Å². The average Bonchev–Trinajstić information content (AvgIpc) is 2.94. The highest BCUT2D eigenvalue weighted by molar-refractivity contribution is 7.99. The highest BCUT2D eigenvalue weighted by atomic mass is 32.2. The van der Waals surface area contributed by atoms with Crippen molar-refractivity contribution in [2.24, 2.45) is 0 Å². The van der Waals surface area contributed by atoms with Gasteiger partial charge in [-0.3, -0.25) is 9.36 Å². The van der Waals surface area contributed by atoms with Crippen LogP contribution in [0.2, 0.25) is 0 Å². The second kappa shape index (κ2) is 8.98. The number of aromatic amines is 1. The predicted molar refractivity (Wildman–Crippen MR) is 98.6 cm³/mol. The molecular formula is C16H22N4O2S2. The fourth-order valence-corrected chi connectivity index (χ4v) is 3.49. The quantitative estimate of drug-likeness (QED) is 0.727. The number of nitrogens with one attached hydrogen (secondary N) is 1. The van der Waals surface area contributed by atoms with Crippen molar-refractivity contribution in [2.45, 2.75) is 36.5 Å². The Morgan fingerprint density at radius 3 is 2.67 bits per heavy atom. The lowest BCUT2D eigenvalue weighted by molar-refractivity contribution is -0.127. The number of benzene rings is 1. The molecule has 1 heterocycles. The van der Waals surface area contributed by atoms with E-state index < -0.39 is 0 Å². The highest BCUT2D eigenvalue weighted by Gasteiger charge is 2.14. The van der Waals surface area contributed by atoms with Gasteiger partial charge in [-0.05, 0) is 30.4 Å². The van der Waals surface area contributed by atoms with Gasteiger partial charge < -0.3 is 4.90 Å². The fourth-order valence-electron chi connectivity index (χ4n) is 2.16. The zero-order valence-corrected chi connectivity index (χ0v) is 15.7. The Kier molecular flexibility index (Phi) is 6.99. The molecule has 1 amide bonds. The number of rotatable bonds is 8. The van der Waals surface area contributed by atoms with Gasteiger partial charge in [-0.1, -0.05) is 30.8 Å². The van der Waals surface area contributed by atoms with E-state index in [4.69, 9.17) is 0 Å². The Morgan fingerprint density at radius 1 is 1.33 bits per heavy atom. The van der Waals surface area contributed by atoms with Crippen LogP contribution in [0.15, 0.2) is 39.1 Å². The molecule has 6 nitrogen and oxygen atoms in total. The molecule has 0 fully saturated rings. The topological polar surface area (TPSA) is 71.0 Å². The number of aromatic nitrogens is 3. The van der Waals surface area contributed by atoms with Crippen LogP contribution in [-0.4, -0.2) is 44.6 Å². The van der Waals surface area contributed by atoms with Gasteiger partial charge in [0.05, 0.1) is 5.75 Å². The smallest absolute Gasteiger partial charge is 0.341 e. The maximum atomic E-state index is 12.3. The van der Waals surface area contributed by atoms with Crippen LogP contribution in [-0.2, 0) is 17.9 Å².